The lowest BCUT2D eigenvalue weighted by molar-refractivity contribution is -0.141. The van der Waals surface area contributed by atoms with Crippen molar-refractivity contribution in [3.63, 3.8) is 0 Å². The van der Waals surface area contributed by atoms with Crippen LogP contribution in [-0.2, 0) is 12.8 Å². The van der Waals surface area contributed by atoms with Gasteiger partial charge in [0.25, 0.3) is 0 Å². The molecule has 0 amide bonds. The molecule has 7 heteroatoms. The van der Waals surface area contributed by atoms with Gasteiger partial charge in [-0.3, -0.25) is 0 Å². The third-order valence-electron chi connectivity index (χ3n) is 4.26. The number of benzene rings is 2. The van der Waals surface area contributed by atoms with E-state index in [1.54, 1.807) is 30.3 Å². The van der Waals surface area contributed by atoms with Gasteiger partial charge >= 0.3 is 6.18 Å². The fourth-order valence-electron chi connectivity index (χ4n) is 2.87. The summed E-state index contributed by atoms with van der Waals surface area (Å²) in [5, 5.41) is 4.01. The summed E-state index contributed by atoms with van der Waals surface area (Å²) in [5.41, 5.74) is 2.15. The van der Waals surface area contributed by atoms with E-state index in [2.05, 4.69) is 10.5 Å². The molecule has 2 aromatic carbocycles. The van der Waals surface area contributed by atoms with Gasteiger partial charge in [0.1, 0.15) is 23.7 Å². The van der Waals surface area contributed by atoms with Crippen LogP contribution in [0.3, 0.4) is 0 Å². The summed E-state index contributed by atoms with van der Waals surface area (Å²) in [4.78, 5) is 0. The molecule has 1 aliphatic rings. The molecule has 0 spiro atoms. The molecule has 1 aliphatic heterocycles. The first-order chi connectivity index (χ1) is 12.4. The quantitative estimate of drug-likeness (QED) is 0.792. The molecule has 3 nitrogen and oxygen atoms in total. The normalized spacial score (nSPS) is 17.4. The van der Waals surface area contributed by atoms with Crippen LogP contribution in [0.1, 0.15) is 30.0 Å². The third-order valence-corrected chi connectivity index (χ3v) is 4.26. The Bertz CT molecular complexity index is 803. The van der Waals surface area contributed by atoms with Crippen LogP contribution in [-0.4, -0.2) is 12.3 Å². The monoisotopic (exact) mass is 366 g/mol. The Morgan fingerprint density at radius 3 is 2.54 bits per heavy atom. The first kappa shape index (κ1) is 18.2. The molecule has 138 valence electrons. The molecule has 26 heavy (non-hydrogen) atoms. The zero-order valence-electron chi connectivity index (χ0n) is 14.1. The Labute approximate surface area is 148 Å². The summed E-state index contributed by atoms with van der Waals surface area (Å²) in [7, 11) is 0. The van der Waals surface area contributed by atoms with E-state index in [9.17, 15) is 17.6 Å². The maximum Gasteiger partial charge on any atom is 0.422 e. The van der Waals surface area contributed by atoms with Gasteiger partial charge in [-0.05, 0) is 24.1 Å². The van der Waals surface area contributed by atoms with Crippen LogP contribution in [0.2, 0.25) is 0 Å². The van der Waals surface area contributed by atoms with E-state index in [1.165, 1.54) is 6.07 Å². The molecule has 0 radical (unpaired) electrons. The fourth-order valence-corrected chi connectivity index (χ4v) is 2.87. The van der Waals surface area contributed by atoms with Crippen molar-refractivity contribution in [1.29, 1.82) is 0 Å². The van der Waals surface area contributed by atoms with Gasteiger partial charge in [-0.2, -0.15) is 18.3 Å². The van der Waals surface area contributed by atoms with Gasteiger partial charge in [-0.25, -0.2) is 4.39 Å². The summed E-state index contributed by atoms with van der Waals surface area (Å²) in [6.45, 7) is 2.34. The second kappa shape index (κ2) is 7.35. The minimum atomic E-state index is -4.88. The molecule has 0 fully saturated rings. The van der Waals surface area contributed by atoms with Gasteiger partial charge in [0.2, 0.25) is 0 Å². The molecule has 3 rings (SSSR count). The molecule has 1 heterocycles. The van der Waals surface area contributed by atoms with E-state index >= 15 is 0 Å². The highest BCUT2D eigenvalue weighted by molar-refractivity contribution is 6.02. The second-order valence-corrected chi connectivity index (χ2v) is 6.17. The summed E-state index contributed by atoms with van der Waals surface area (Å²) in [5.74, 6) is -2.01. The summed E-state index contributed by atoms with van der Waals surface area (Å²) in [6, 6.07) is 11.2. The Hall–Kier alpha value is -2.57. The van der Waals surface area contributed by atoms with Crippen molar-refractivity contribution in [2.45, 2.75) is 26.1 Å². The van der Waals surface area contributed by atoms with Crippen LogP contribution in [0, 0.1) is 11.7 Å². The van der Waals surface area contributed by atoms with E-state index in [4.69, 9.17) is 4.74 Å². The van der Waals surface area contributed by atoms with Gasteiger partial charge in [-0.15, -0.1) is 0 Å². The van der Waals surface area contributed by atoms with Crippen LogP contribution < -0.4 is 10.2 Å². The number of halogens is 4. The summed E-state index contributed by atoms with van der Waals surface area (Å²) in [6.07, 6.45) is -4.20. The number of rotatable bonds is 4. The molecule has 1 atom stereocenters. The minimum absolute atomic E-state index is 0.0817. The molecular formula is C19H18F4N2O. The lowest BCUT2D eigenvalue weighted by Gasteiger charge is -2.22. The van der Waals surface area contributed by atoms with Crippen molar-refractivity contribution >= 4 is 5.71 Å². The van der Waals surface area contributed by atoms with Crippen molar-refractivity contribution in [3.05, 3.63) is 65.0 Å². The van der Waals surface area contributed by atoms with E-state index in [0.717, 1.165) is 6.07 Å². The van der Waals surface area contributed by atoms with Gasteiger partial charge in [0.15, 0.2) is 0 Å². The van der Waals surface area contributed by atoms with Gasteiger partial charge < -0.3 is 10.2 Å². The fraction of sp³-hybridized carbons (Fsp3) is 0.316. The SMILES string of the molecule is CC1CCNN=C1c1ccc(OCc2ccccc2)c(C(F)(F)F)c1F. The Morgan fingerprint density at radius 2 is 1.88 bits per heavy atom. The number of ether oxygens (including phenoxy) is 1. The first-order valence-corrected chi connectivity index (χ1v) is 8.25. The highest BCUT2D eigenvalue weighted by Gasteiger charge is 2.40. The standard InChI is InChI=1S/C19H18F4N2O/c1-12-9-10-24-25-18(12)14-7-8-15(16(17(14)20)19(21,22)23)26-11-13-5-3-2-4-6-13/h2-8,12,24H,9-11H2,1H3. The topological polar surface area (TPSA) is 33.6 Å². The number of hydrogen-bond acceptors (Lipinski definition) is 3. The summed E-state index contributed by atoms with van der Waals surface area (Å²) >= 11 is 0. The second-order valence-electron chi connectivity index (χ2n) is 6.17. The zero-order valence-corrected chi connectivity index (χ0v) is 14.1. The van der Waals surface area contributed by atoms with Crippen LogP contribution in [0.5, 0.6) is 5.75 Å². The molecular weight excluding hydrogens is 348 g/mol. The highest BCUT2D eigenvalue weighted by Crippen LogP contribution is 2.40. The number of hydrazone groups is 1. The van der Waals surface area contributed by atoms with Crippen molar-refractivity contribution in [2.75, 3.05) is 6.54 Å². The van der Waals surface area contributed by atoms with E-state index < -0.39 is 23.3 Å². The van der Waals surface area contributed by atoms with Crippen LogP contribution in [0.25, 0.3) is 0 Å². The average molecular weight is 366 g/mol. The van der Waals surface area contributed by atoms with Crippen molar-refractivity contribution in [2.24, 2.45) is 11.0 Å². The smallest absolute Gasteiger partial charge is 0.422 e. The predicted octanol–water partition coefficient (Wildman–Crippen LogP) is 4.76. The van der Waals surface area contributed by atoms with Crippen molar-refractivity contribution in [3.8, 4) is 5.75 Å². The minimum Gasteiger partial charge on any atom is -0.488 e. The van der Waals surface area contributed by atoms with Gasteiger partial charge in [0, 0.05) is 18.0 Å². The van der Waals surface area contributed by atoms with E-state index in [-0.39, 0.29) is 23.8 Å². The maximum atomic E-state index is 14.8. The lowest BCUT2D eigenvalue weighted by atomic mass is 9.92. The molecule has 0 saturated heterocycles. The number of nitrogens with zero attached hydrogens (tertiary/aromatic N) is 1. The van der Waals surface area contributed by atoms with Crippen molar-refractivity contribution < 1.29 is 22.3 Å². The largest absolute Gasteiger partial charge is 0.488 e. The molecule has 0 bridgehead atoms. The maximum absolute atomic E-state index is 14.8. The Balaban J connectivity index is 1.98. The third kappa shape index (κ3) is 3.81. The lowest BCUT2D eigenvalue weighted by Crippen LogP contribution is -2.28. The molecule has 0 aliphatic carbocycles. The average Bonchev–Trinajstić information content (AvgIpc) is 2.60. The zero-order chi connectivity index (χ0) is 18.7. The first-order valence-electron chi connectivity index (χ1n) is 8.25. The van der Waals surface area contributed by atoms with Crippen molar-refractivity contribution in [1.82, 2.24) is 5.43 Å². The molecule has 0 aromatic heterocycles. The molecule has 1 unspecified atom stereocenters. The van der Waals surface area contributed by atoms with Crippen LogP contribution >= 0.6 is 0 Å². The predicted molar refractivity (Wildman–Crippen MR) is 90.5 cm³/mol. The molecule has 1 N–H and O–H groups in total. The highest BCUT2D eigenvalue weighted by atomic mass is 19.4. The Morgan fingerprint density at radius 1 is 1.15 bits per heavy atom. The number of nitrogens with one attached hydrogen (secondary N) is 1. The molecule has 0 saturated carbocycles. The molecule has 2 aromatic rings. The Kier molecular flexibility index (Phi) is 5.15. The van der Waals surface area contributed by atoms with Crippen LogP contribution in [0.15, 0.2) is 47.6 Å². The van der Waals surface area contributed by atoms with E-state index in [0.29, 0.717) is 18.5 Å². The van der Waals surface area contributed by atoms with Crippen LogP contribution in [0.4, 0.5) is 17.6 Å². The number of alkyl halides is 3. The number of hydrogen-bond donors (Lipinski definition) is 1. The van der Waals surface area contributed by atoms with Gasteiger partial charge in [-0.1, -0.05) is 37.3 Å². The van der Waals surface area contributed by atoms with E-state index in [1.807, 2.05) is 6.92 Å². The summed E-state index contributed by atoms with van der Waals surface area (Å²) < 4.78 is 60.6. The van der Waals surface area contributed by atoms with Gasteiger partial charge in [0.05, 0.1) is 5.71 Å².